The summed E-state index contributed by atoms with van der Waals surface area (Å²) in [6, 6.07) is 12.1. The molecular formula is C22H21FN2O2. The maximum Gasteiger partial charge on any atom is 0.338 e. The number of hydrogen-bond acceptors (Lipinski definition) is 3. The van der Waals surface area contributed by atoms with Gasteiger partial charge in [-0.2, -0.15) is 0 Å². The highest BCUT2D eigenvalue weighted by Crippen LogP contribution is 2.18. The monoisotopic (exact) mass is 364 g/mol. The first-order valence-electron chi connectivity index (χ1n) is 8.73. The van der Waals surface area contributed by atoms with Crippen LogP contribution in [-0.2, 0) is 24.1 Å². The third-order valence-corrected chi connectivity index (χ3v) is 4.32. The second-order valence-corrected chi connectivity index (χ2v) is 6.20. The van der Waals surface area contributed by atoms with Crippen molar-refractivity contribution < 1.29 is 13.9 Å². The number of aryl methyl sites for hydroxylation is 2. The maximum atomic E-state index is 13.1. The van der Waals surface area contributed by atoms with Crippen LogP contribution in [0.5, 0.6) is 0 Å². The van der Waals surface area contributed by atoms with Crippen molar-refractivity contribution in [3.8, 4) is 0 Å². The molecule has 0 spiro atoms. The lowest BCUT2D eigenvalue weighted by Gasteiger charge is -2.10. The van der Waals surface area contributed by atoms with Crippen molar-refractivity contribution in [2.75, 3.05) is 7.11 Å². The Hall–Kier alpha value is -3.21. The highest BCUT2D eigenvalue weighted by Gasteiger charge is 2.12. The number of aromatic nitrogens is 2. The largest absolute Gasteiger partial charge is 0.465 e. The van der Waals surface area contributed by atoms with Crippen molar-refractivity contribution in [1.29, 1.82) is 0 Å². The minimum absolute atomic E-state index is 0.251. The molecule has 138 valence electrons. The molecule has 0 unspecified atom stereocenters. The molecular weight excluding hydrogens is 343 g/mol. The Kier molecular flexibility index (Phi) is 6.15. The number of ether oxygens (including phenoxy) is 1. The molecule has 4 nitrogen and oxygen atoms in total. The van der Waals surface area contributed by atoms with Crippen LogP contribution in [0, 0.1) is 5.82 Å². The zero-order chi connectivity index (χ0) is 19.1. The Bertz CT molecular complexity index is 916. The first-order chi connectivity index (χ1) is 13.2. The lowest BCUT2D eigenvalue weighted by Crippen LogP contribution is -2.07. The fourth-order valence-corrected chi connectivity index (χ4v) is 2.87. The van der Waals surface area contributed by atoms with Crippen LogP contribution in [0.4, 0.5) is 4.39 Å². The molecule has 0 amide bonds. The number of carbonyl (C=O) groups is 1. The average Bonchev–Trinajstić information content (AvgIpc) is 3.20. The third kappa shape index (κ3) is 5.14. The van der Waals surface area contributed by atoms with Crippen LogP contribution in [0.2, 0.25) is 0 Å². The zero-order valence-corrected chi connectivity index (χ0v) is 15.1. The van der Waals surface area contributed by atoms with Crippen molar-refractivity contribution in [2.24, 2.45) is 0 Å². The van der Waals surface area contributed by atoms with E-state index < -0.39 is 0 Å². The molecule has 2 aromatic carbocycles. The molecule has 0 aliphatic rings. The molecule has 0 saturated carbocycles. The van der Waals surface area contributed by atoms with Crippen molar-refractivity contribution in [1.82, 2.24) is 9.55 Å². The van der Waals surface area contributed by atoms with Gasteiger partial charge in [0.2, 0.25) is 0 Å². The number of methoxy groups -OCH3 is 1. The van der Waals surface area contributed by atoms with Gasteiger partial charge >= 0.3 is 5.97 Å². The quantitative estimate of drug-likeness (QED) is 0.587. The minimum atomic E-state index is -0.349. The van der Waals surface area contributed by atoms with E-state index >= 15 is 0 Å². The average molecular weight is 364 g/mol. The Morgan fingerprint density at radius 3 is 2.70 bits per heavy atom. The van der Waals surface area contributed by atoms with Crippen LogP contribution in [0.25, 0.3) is 6.08 Å². The molecule has 1 heterocycles. The number of halogens is 1. The maximum absolute atomic E-state index is 13.1. The van der Waals surface area contributed by atoms with E-state index in [1.54, 1.807) is 30.7 Å². The summed E-state index contributed by atoms with van der Waals surface area (Å²) >= 11 is 0. The number of esters is 1. The standard InChI is InChI=1S/C22H21FN2O2/c1-27-22(26)21-11-7-18(3-2-13-25-14-12-24-16-25)15-19(21)8-4-17-5-9-20(23)10-6-17/h2-3,5-7,9-12,14-16H,4,8,13H2,1H3. The third-order valence-electron chi connectivity index (χ3n) is 4.32. The van der Waals surface area contributed by atoms with Crippen LogP contribution in [0.1, 0.15) is 27.0 Å². The van der Waals surface area contributed by atoms with E-state index in [1.807, 2.05) is 35.0 Å². The van der Waals surface area contributed by atoms with E-state index in [0.29, 0.717) is 18.4 Å². The second kappa shape index (κ2) is 8.94. The van der Waals surface area contributed by atoms with E-state index in [9.17, 15) is 9.18 Å². The summed E-state index contributed by atoms with van der Waals surface area (Å²) in [5.74, 6) is -0.600. The molecule has 1 aromatic heterocycles. The molecule has 0 atom stereocenters. The summed E-state index contributed by atoms with van der Waals surface area (Å²) in [7, 11) is 1.38. The van der Waals surface area contributed by atoms with Gasteiger partial charge in [-0.1, -0.05) is 36.4 Å². The van der Waals surface area contributed by atoms with Crippen LogP contribution >= 0.6 is 0 Å². The number of nitrogens with zero attached hydrogens (tertiary/aromatic N) is 2. The molecule has 0 aliphatic carbocycles. The Morgan fingerprint density at radius 1 is 1.19 bits per heavy atom. The van der Waals surface area contributed by atoms with Gasteiger partial charge in [-0.05, 0) is 47.7 Å². The predicted octanol–water partition coefficient (Wildman–Crippen LogP) is 4.31. The van der Waals surface area contributed by atoms with Gasteiger partial charge in [0, 0.05) is 18.9 Å². The molecule has 0 radical (unpaired) electrons. The number of benzene rings is 2. The summed E-state index contributed by atoms with van der Waals surface area (Å²) < 4.78 is 19.9. The molecule has 0 bridgehead atoms. The highest BCUT2D eigenvalue weighted by atomic mass is 19.1. The molecule has 0 N–H and O–H groups in total. The molecule has 0 saturated heterocycles. The number of allylic oxidation sites excluding steroid dienone is 1. The van der Waals surface area contributed by atoms with Gasteiger partial charge < -0.3 is 9.30 Å². The molecule has 5 heteroatoms. The molecule has 3 aromatic rings. The van der Waals surface area contributed by atoms with E-state index in [0.717, 1.165) is 23.2 Å². The van der Waals surface area contributed by atoms with E-state index in [2.05, 4.69) is 4.98 Å². The molecule has 3 rings (SSSR count). The zero-order valence-electron chi connectivity index (χ0n) is 15.1. The Balaban J connectivity index is 1.76. The summed E-state index contributed by atoms with van der Waals surface area (Å²) in [5, 5.41) is 0. The van der Waals surface area contributed by atoms with E-state index in [4.69, 9.17) is 4.74 Å². The van der Waals surface area contributed by atoms with Crippen LogP contribution in [0.3, 0.4) is 0 Å². The van der Waals surface area contributed by atoms with Gasteiger partial charge in [0.15, 0.2) is 0 Å². The van der Waals surface area contributed by atoms with Gasteiger partial charge in [0.25, 0.3) is 0 Å². The number of imidazole rings is 1. The van der Waals surface area contributed by atoms with Crippen molar-refractivity contribution in [3.05, 3.63) is 95.3 Å². The summed E-state index contributed by atoms with van der Waals surface area (Å²) in [6.45, 7) is 0.726. The number of rotatable bonds is 7. The summed E-state index contributed by atoms with van der Waals surface area (Å²) in [6.07, 6.45) is 10.8. The van der Waals surface area contributed by atoms with Crippen LogP contribution < -0.4 is 0 Å². The van der Waals surface area contributed by atoms with Gasteiger partial charge in [0.05, 0.1) is 19.0 Å². The topological polar surface area (TPSA) is 44.1 Å². The summed E-state index contributed by atoms with van der Waals surface area (Å²) in [4.78, 5) is 16.1. The highest BCUT2D eigenvalue weighted by molar-refractivity contribution is 5.91. The predicted molar refractivity (Wildman–Crippen MR) is 103 cm³/mol. The lowest BCUT2D eigenvalue weighted by molar-refractivity contribution is 0.0599. The number of carbonyl (C=O) groups excluding carboxylic acids is 1. The van der Waals surface area contributed by atoms with Gasteiger partial charge in [0.1, 0.15) is 5.82 Å². The first-order valence-corrected chi connectivity index (χ1v) is 8.73. The molecule has 27 heavy (non-hydrogen) atoms. The van der Waals surface area contributed by atoms with E-state index in [-0.39, 0.29) is 11.8 Å². The van der Waals surface area contributed by atoms with Crippen molar-refractivity contribution in [2.45, 2.75) is 19.4 Å². The van der Waals surface area contributed by atoms with Crippen molar-refractivity contribution in [3.63, 3.8) is 0 Å². The second-order valence-electron chi connectivity index (χ2n) is 6.20. The van der Waals surface area contributed by atoms with E-state index in [1.165, 1.54) is 19.2 Å². The Labute approximate surface area is 157 Å². The van der Waals surface area contributed by atoms with Gasteiger partial charge in [-0.15, -0.1) is 0 Å². The SMILES string of the molecule is COC(=O)c1ccc(C=CCn2ccnc2)cc1CCc1ccc(F)cc1. The van der Waals surface area contributed by atoms with Crippen molar-refractivity contribution >= 4 is 12.0 Å². The smallest absolute Gasteiger partial charge is 0.338 e. The Morgan fingerprint density at radius 2 is 2.00 bits per heavy atom. The minimum Gasteiger partial charge on any atom is -0.465 e. The fourth-order valence-electron chi connectivity index (χ4n) is 2.87. The molecule has 0 aliphatic heterocycles. The summed E-state index contributed by atoms with van der Waals surface area (Å²) in [5.41, 5.74) is 3.51. The first kappa shape index (κ1) is 18.6. The fraction of sp³-hybridized carbons (Fsp3) is 0.182. The molecule has 0 fully saturated rings. The van der Waals surface area contributed by atoms with Gasteiger partial charge in [-0.3, -0.25) is 0 Å². The van der Waals surface area contributed by atoms with Gasteiger partial charge in [-0.25, -0.2) is 14.2 Å². The van der Waals surface area contributed by atoms with Crippen LogP contribution in [-0.4, -0.2) is 22.6 Å². The number of hydrogen-bond donors (Lipinski definition) is 0. The lowest BCUT2D eigenvalue weighted by atomic mass is 9.97. The van der Waals surface area contributed by atoms with Crippen LogP contribution in [0.15, 0.2) is 67.3 Å². The normalized spacial score (nSPS) is 11.0.